The van der Waals surface area contributed by atoms with Gasteiger partial charge in [0.1, 0.15) is 17.3 Å². The standard InChI is InChI=1S/C18H14ClN6O/c1-3-26-18-13-10-22-17(14-5-4-12(19)9-21-14)23-16(13)24-25(18)15-6-7-20-8-11(15)2/h4-9H,3H2,1-2H3. The molecule has 0 saturated heterocycles. The van der Waals surface area contributed by atoms with E-state index in [-0.39, 0.29) is 0 Å². The van der Waals surface area contributed by atoms with E-state index in [0.717, 1.165) is 11.3 Å². The second-order valence-corrected chi connectivity index (χ2v) is 5.97. The van der Waals surface area contributed by atoms with Crippen LogP contribution in [0.4, 0.5) is 0 Å². The van der Waals surface area contributed by atoms with E-state index < -0.39 is 0 Å². The van der Waals surface area contributed by atoms with Crippen LogP contribution >= 0.6 is 11.6 Å². The van der Waals surface area contributed by atoms with Crippen molar-refractivity contribution in [1.29, 1.82) is 0 Å². The molecular formula is C18H14ClN6O. The average Bonchev–Trinajstić information content (AvgIpc) is 3.01. The summed E-state index contributed by atoms with van der Waals surface area (Å²) >= 11 is 5.89. The quantitative estimate of drug-likeness (QED) is 0.551. The third kappa shape index (κ3) is 2.86. The number of nitrogens with zero attached hydrogens (tertiary/aromatic N) is 6. The molecule has 7 nitrogen and oxygen atoms in total. The highest BCUT2D eigenvalue weighted by atomic mass is 35.5. The monoisotopic (exact) mass is 365 g/mol. The lowest BCUT2D eigenvalue weighted by Crippen LogP contribution is -2.04. The van der Waals surface area contributed by atoms with Crippen molar-refractivity contribution in [2.45, 2.75) is 13.8 Å². The number of rotatable bonds is 4. The maximum Gasteiger partial charge on any atom is 0.228 e. The second kappa shape index (κ2) is 6.68. The molecule has 0 amide bonds. The molecule has 4 aromatic heterocycles. The first kappa shape index (κ1) is 16.4. The number of hydrogen-bond donors (Lipinski definition) is 0. The highest BCUT2D eigenvalue weighted by Crippen LogP contribution is 2.29. The van der Waals surface area contributed by atoms with Crippen LogP contribution in [-0.2, 0) is 0 Å². The third-order valence-corrected chi connectivity index (χ3v) is 3.99. The number of aromatic nitrogens is 6. The first-order chi connectivity index (χ1) is 12.7. The minimum absolute atomic E-state index is 0.424. The van der Waals surface area contributed by atoms with E-state index in [9.17, 15) is 0 Å². The van der Waals surface area contributed by atoms with Gasteiger partial charge in [0.15, 0.2) is 11.5 Å². The molecule has 0 aliphatic rings. The van der Waals surface area contributed by atoms with E-state index in [1.807, 2.05) is 19.9 Å². The maximum atomic E-state index is 5.89. The average molecular weight is 366 g/mol. The van der Waals surface area contributed by atoms with Crippen molar-refractivity contribution in [3.05, 3.63) is 53.6 Å². The van der Waals surface area contributed by atoms with E-state index in [2.05, 4.69) is 31.2 Å². The van der Waals surface area contributed by atoms with E-state index in [1.165, 1.54) is 0 Å². The lowest BCUT2D eigenvalue weighted by Gasteiger charge is -2.09. The van der Waals surface area contributed by atoms with Crippen LogP contribution in [0.15, 0.2) is 36.8 Å². The van der Waals surface area contributed by atoms with Crippen LogP contribution in [0.2, 0.25) is 5.02 Å². The predicted molar refractivity (Wildman–Crippen MR) is 97.4 cm³/mol. The molecule has 0 fully saturated rings. The summed E-state index contributed by atoms with van der Waals surface area (Å²) in [5.41, 5.74) is 2.90. The summed E-state index contributed by atoms with van der Waals surface area (Å²) in [4.78, 5) is 17.2. The Kier molecular flexibility index (Phi) is 4.22. The first-order valence-electron chi connectivity index (χ1n) is 8.01. The molecule has 0 saturated carbocycles. The number of fused-ring (bicyclic) bond motifs is 1. The van der Waals surface area contributed by atoms with Gasteiger partial charge in [0.25, 0.3) is 0 Å². The summed E-state index contributed by atoms with van der Waals surface area (Å²) in [6.07, 6.45) is 8.02. The van der Waals surface area contributed by atoms with Crippen LogP contribution in [0.1, 0.15) is 12.5 Å². The van der Waals surface area contributed by atoms with Gasteiger partial charge in [0.05, 0.1) is 17.3 Å². The zero-order valence-electron chi connectivity index (χ0n) is 14.1. The Morgan fingerprint density at radius 1 is 1.23 bits per heavy atom. The van der Waals surface area contributed by atoms with Crippen molar-refractivity contribution in [3.8, 4) is 23.1 Å². The molecule has 0 aliphatic carbocycles. The van der Waals surface area contributed by atoms with Crippen LogP contribution in [0.25, 0.3) is 28.2 Å². The number of ether oxygens (including phenoxy) is 1. The van der Waals surface area contributed by atoms with Crippen molar-refractivity contribution in [2.24, 2.45) is 0 Å². The van der Waals surface area contributed by atoms with Crippen molar-refractivity contribution >= 4 is 22.6 Å². The molecule has 0 N–H and O–H groups in total. The van der Waals surface area contributed by atoms with Crippen molar-refractivity contribution in [2.75, 3.05) is 6.61 Å². The second-order valence-electron chi connectivity index (χ2n) is 5.53. The van der Waals surface area contributed by atoms with Crippen molar-refractivity contribution < 1.29 is 4.74 Å². The fourth-order valence-electron chi connectivity index (χ4n) is 2.56. The Balaban J connectivity index is 1.89. The Labute approximate surface area is 154 Å². The fraction of sp³-hybridized carbons (Fsp3) is 0.167. The highest BCUT2D eigenvalue weighted by molar-refractivity contribution is 6.30. The van der Waals surface area contributed by atoms with Gasteiger partial charge in [-0.25, -0.2) is 9.97 Å². The van der Waals surface area contributed by atoms with Crippen LogP contribution in [-0.4, -0.2) is 36.3 Å². The smallest absolute Gasteiger partial charge is 0.228 e. The molecule has 0 atom stereocenters. The van der Waals surface area contributed by atoms with Crippen molar-refractivity contribution in [1.82, 2.24) is 29.7 Å². The van der Waals surface area contributed by atoms with Gasteiger partial charge >= 0.3 is 0 Å². The molecule has 0 aromatic carbocycles. The SMILES string of the molecule is CCOc1c2[c]nc(-c3ccc(Cl)cn3)nc2nn1-c1ccncc1C. The molecule has 4 heterocycles. The van der Waals surface area contributed by atoms with Crippen molar-refractivity contribution in [3.63, 3.8) is 0 Å². The normalized spacial score (nSPS) is 11.0. The van der Waals surface area contributed by atoms with Crippen LogP contribution < -0.4 is 4.74 Å². The lowest BCUT2D eigenvalue weighted by molar-refractivity contribution is 0.320. The van der Waals surface area contributed by atoms with E-state index in [4.69, 9.17) is 16.3 Å². The molecule has 8 heteroatoms. The Morgan fingerprint density at radius 2 is 2.12 bits per heavy atom. The number of hydrogen-bond acceptors (Lipinski definition) is 6. The van der Waals surface area contributed by atoms with Crippen LogP contribution in [0.3, 0.4) is 0 Å². The molecule has 0 aliphatic heterocycles. The van der Waals surface area contributed by atoms with E-state index in [0.29, 0.717) is 40.1 Å². The predicted octanol–water partition coefficient (Wildman–Crippen LogP) is 3.43. The summed E-state index contributed by atoms with van der Waals surface area (Å²) < 4.78 is 7.50. The van der Waals surface area contributed by atoms with Gasteiger partial charge in [-0.05, 0) is 37.6 Å². The minimum Gasteiger partial charge on any atom is -0.477 e. The summed E-state index contributed by atoms with van der Waals surface area (Å²) in [6.45, 7) is 4.36. The van der Waals surface area contributed by atoms with Crippen LogP contribution in [0, 0.1) is 13.1 Å². The van der Waals surface area contributed by atoms with Crippen LogP contribution in [0.5, 0.6) is 5.88 Å². The summed E-state index contributed by atoms with van der Waals surface area (Å²) in [7, 11) is 0. The van der Waals surface area contributed by atoms with Gasteiger partial charge in [-0.15, -0.1) is 5.10 Å². The largest absolute Gasteiger partial charge is 0.477 e. The zero-order chi connectivity index (χ0) is 18.1. The lowest BCUT2D eigenvalue weighted by atomic mass is 10.2. The molecule has 4 rings (SSSR count). The molecule has 4 aromatic rings. The summed E-state index contributed by atoms with van der Waals surface area (Å²) in [5.74, 6) is 0.973. The van der Waals surface area contributed by atoms with E-state index >= 15 is 0 Å². The molecule has 0 bridgehead atoms. The Bertz CT molecular complexity index is 1080. The Hall–Kier alpha value is -3.06. The minimum atomic E-state index is 0.424. The zero-order valence-corrected chi connectivity index (χ0v) is 14.9. The van der Waals surface area contributed by atoms with Gasteiger partial charge in [-0.1, -0.05) is 11.6 Å². The molecule has 26 heavy (non-hydrogen) atoms. The van der Waals surface area contributed by atoms with Gasteiger partial charge in [0.2, 0.25) is 5.88 Å². The third-order valence-electron chi connectivity index (χ3n) is 3.77. The number of halogens is 1. The summed E-state index contributed by atoms with van der Waals surface area (Å²) in [6, 6.07) is 5.37. The Morgan fingerprint density at radius 3 is 2.85 bits per heavy atom. The van der Waals surface area contributed by atoms with Gasteiger partial charge < -0.3 is 4.74 Å². The first-order valence-corrected chi connectivity index (χ1v) is 8.39. The molecule has 129 valence electrons. The summed E-state index contributed by atoms with van der Waals surface area (Å²) in [5, 5.41) is 5.76. The van der Waals surface area contributed by atoms with Gasteiger partial charge in [-0.3, -0.25) is 9.97 Å². The molecule has 1 radical (unpaired) electrons. The molecule has 0 unspecified atom stereocenters. The maximum absolute atomic E-state index is 5.89. The number of aryl methyl sites for hydroxylation is 1. The number of pyridine rings is 2. The molecular weight excluding hydrogens is 352 g/mol. The van der Waals surface area contributed by atoms with Gasteiger partial charge in [-0.2, -0.15) is 4.68 Å². The topological polar surface area (TPSA) is 78.6 Å². The highest BCUT2D eigenvalue weighted by Gasteiger charge is 2.18. The van der Waals surface area contributed by atoms with E-state index in [1.54, 1.807) is 35.4 Å². The van der Waals surface area contributed by atoms with Gasteiger partial charge in [0, 0.05) is 18.6 Å². The molecule has 0 spiro atoms. The fourth-order valence-corrected chi connectivity index (χ4v) is 2.67.